The Morgan fingerprint density at radius 2 is 0.771 bits per heavy atom. The summed E-state index contributed by atoms with van der Waals surface area (Å²) in [5, 5.41) is 87.3. The molecule has 2 saturated heterocycles. The Kier molecular flexibility index (Phi) is 50.6. The number of hydrogen-bond donors (Lipinski definition) is 9. The van der Waals surface area contributed by atoms with Crippen molar-refractivity contribution in [2.24, 2.45) is 0 Å². The van der Waals surface area contributed by atoms with Gasteiger partial charge < -0.3 is 65.1 Å². The van der Waals surface area contributed by atoms with Crippen LogP contribution in [0, 0.1) is 0 Å². The molecule has 0 aromatic rings. The molecule has 14 heteroatoms. The Morgan fingerprint density at radius 1 is 0.422 bits per heavy atom. The Morgan fingerprint density at radius 3 is 1.18 bits per heavy atom. The first-order valence-corrected chi connectivity index (χ1v) is 34.7. The quantitative estimate of drug-likeness (QED) is 0.0204. The Hall–Kier alpha value is -1.79. The number of allylic oxidation sites excluding steroid dienone is 5. The molecule has 83 heavy (non-hydrogen) atoms. The maximum atomic E-state index is 13.3. The van der Waals surface area contributed by atoms with Crippen LogP contribution in [0.5, 0.6) is 0 Å². The molecule has 488 valence electrons. The van der Waals surface area contributed by atoms with Gasteiger partial charge in [-0.25, -0.2) is 0 Å². The van der Waals surface area contributed by atoms with E-state index in [1.165, 1.54) is 218 Å². The van der Waals surface area contributed by atoms with Crippen molar-refractivity contribution in [3.63, 3.8) is 0 Å². The molecule has 0 aromatic heterocycles. The Balaban J connectivity index is 1.66. The first-order chi connectivity index (χ1) is 40.6. The zero-order chi connectivity index (χ0) is 60.2. The van der Waals surface area contributed by atoms with Gasteiger partial charge in [0, 0.05) is 6.42 Å². The molecule has 2 aliphatic rings. The molecule has 0 saturated carbocycles. The van der Waals surface area contributed by atoms with Crippen molar-refractivity contribution in [3.8, 4) is 0 Å². The standard InChI is InChI=1S/C69H129NO13/c1-3-5-7-9-11-13-15-17-19-21-22-23-24-25-26-27-28-29-30-31-32-33-34-35-36-37-38-40-42-44-46-48-50-52-58(73)57(70-61(74)53-51-49-47-45-43-41-39-20-18-16-14-12-10-8-6-4-2)56-80-68-66(79)64(77)67(60(55-72)82-68)83-69-65(78)63(76)62(75)59(54-71)81-69/h20,39,42,44,50,52,57-60,62-69,71-73,75-79H,3-19,21-38,40-41,43,45-49,51,53-56H2,1-2H3,(H,70,74)/b39-20-,44-42+,52-50+. The highest BCUT2D eigenvalue weighted by Crippen LogP contribution is 2.30. The second-order valence-corrected chi connectivity index (χ2v) is 24.6. The fraction of sp³-hybridized carbons (Fsp3) is 0.899. The molecular weight excluding hydrogens is 1050 g/mol. The Bertz CT molecular complexity index is 1530. The number of hydrogen-bond acceptors (Lipinski definition) is 13. The fourth-order valence-corrected chi connectivity index (χ4v) is 11.5. The number of aliphatic hydroxyl groups is 8. The third-order valence-corrected chi connectivity index (χ3v) is 17.0. The molecule has 12 unspecified atom stereocenters. The molecular formula is C69H129NO13. The summed E-state index contributed by atoms with van der Waals surface area (Å²) in [5.74, 6) is -0.255. The summed E-state index contributed by atoms with van der Waals surface area (Å²) in [6.07, 6.45) is 52.2. The van der Waals surface area contributed by atoms with E-state index in [9.17, 15) is 45.6 Å². The van der Waals surface area contributed by atoms with Gasteiger partial charge in [0.1, 0.15) is 48.8 Å². The average molecular weight is 1180 g/mol. The molecule has 0 spiro atoms. The maximum Gasteiger partial charge on any atom is 0.220 e. The number of nitrogens with one attached hydrogen (secondary N) is 1. The summed E-state index contributed by atoms with van der Waals surface area (Å²) in [4.78, 5) is 13.3. The van der Waals surface area contributed by atoms with E-state index in [4.69, 9.17) is 18.9 Å². The van der Waals surface area contributed by atoms with Gasteiger partial charge in [0.2, 0.25) is 5.91 Å². The highest BCUT2D eigenvalue weighted by Gasteiger charge is 2.51. The van der Waals surface area contributed by atoms with Crippen LogP contribution in [0.2, 0.25) is 0 Å². The summed E-state index contributed by atoms with van der Waals surface area (Å²) in [7, 11) is 0. The minimum Gasteiger partial charge on any atom is -0.394 e. The molecule has 14 nitrogen and oxygen atoms in total. The molecule has 9 N–H and O–H groups in total. The topological polar surface area (TPSA) is 228 Å². The van der Waals surface area contributed by atoms with Crippen LogP contribution >= 0.6 is 0 Å². The van der Waals surface area contributed by atoms with Gasteiger partial charge in [-0.3, -0.25) is 4.79 Å². The van der Waals surface area contributed by atoms with E-state index >= 15 is 0 Å². The third kappa shape index (κ3) is 39.0. The first-order valence-electron chi connectivity index (χ1n) is 34.7. The fourth-order valence-electron chi connectivity index (χ4n) is 11.5. The summed E-state index contributed by atoms with van der Waals surface area (Å²) < 4.78 is 22.8. The zero-order valence-electron chi connectivity index (χ0n) is 53.0. The van der Waals surface area contributed by atoms with Gasteiger partial charge >= 0.3 is 0 Å². The van der Waals surface area contributed by atoms with Gasteiger partial charge in [0.15, 0.2) is 12.6 Å². The van der Waals surface area contributed by atoms with Crippen LogP contribution in [0.3, 0.4) is 0 Å². The van der Waals surface area contributed by atoms with Gasteiger partial charge in [-0.15, -0.1) is 0 Å². The minimum atomic E-state index is -1.79. The van der Waals surface area contributed by atoms with Crippen LogP contribution in [-0.2, 0) is 23.7 Å². The van der Waals surface area contributed by atoms with E-state index in [1.54, 1.807) is 6.08 Å². The number of rotatable bonds is 57. The zero-order valence-corrected chi connectivity index (χ0v) is 53.0. The number of carbonyl (C=O) groups is 1. The van der Waals surface area contributed by atoms with Gasteiger partial charge in [0.05, 0.1) is 32.0 Å². The van der Waals surface area contributed by atoms with E-state index in [0.29, 0.717) is 12.8 Å². The molecule has 2 heterocycles. The average Bonchev–Trinajstić information content (AvgIpc) is 3.65. The van der Waals surface area contributed by atoms with Crippen LogP contribution in [0.15, 0.2) is 36.5 Å². The number of carbonyl (C=O) groups excluding carboxylic acids is 1. The van der Waals surface area contributed by atoms with Crippen molar-refractivity contribution in [2.75, 3.05) is 19.8 Å². The van der Waals surface area contributed by atoms with Crippen LogP contribution in [0.4, 0.5) is 0 Å². The molecule has 2 aliphatic heterocycles. The second-order valence-electron chi connectivity index (χ2n) is 24.6. The lowest BCUT2D eigenvalue weighted by molar-refractivity contribution is -0.359. The van der Waals surface area contributed by atoms with Crippen LogP contribution < -0.4 is 5.32 Å². The van der Waals surface area contributed by atoms with Gasteiger partial charge in [0.25, 0.3) is 0 Å². The number of amides is 1. The predicted molar refractivity (Wildman–Crippen MR) is 337 cm³/mol. The van der Waals surface area contributed by atoms with Gasteiger partial charge in [-0.05, 0) is 57.8 Å². The highest BCUT2D eigenvalue weighted by atomic mass is 16.7. The highest BCUT2D eigenvalue weighted by molar-refractivity contribution is 5.76. The molecule has 2 fully saturated rings. The molecule has 1 amide bonds. The van der Waals surface area contributed by atoms with Crippen molar-refractivity contribution < 1.29 is 64.6 Å². The summed E-state index contributed by atoms with van der Waals surface area (Å²) in [6, 6.07) is -0.936. The molecule has 0 aromatic carbocycles. The molecule has 0 bridgehead atoms. The van der Waals surface area contributed by atoms with Crippen LogP contribution in [0.25, 0.3) is 0 Å². The normalized spacial score (nSPS) is 24.0. The number of aliphatic hydroxyl groups excluding tert-OH is 8. The van der Waals surface area contributed by atoms with Crippen LogP contribution in [0.1, 0.15) is 303 Å². The Labute approximate surface area is 506 Å². The van der Waals surface area contributed by atoms with Crippen molar-refractivity contribution in [3.05, 3.63) is 36.5 Å². The van der Waals surface area contributed by atoms with Gasteiger partial charge in [-0.1, -0.05) is 275 Å². The van der Waals surface area contributed by atoms with Crippen molar-refractivity contribution in [2.45, 2.75) is 376 Å². The minimum absolute atomic E-state index is 0.255. The number of ether oxygens (including phenoxy) is 4. The smallest absolute Gasteiger partial charge is 0.220 e. The van der Waals surface area contributed by atoms with E-state index in [0.717, 1.165) is 51.4 Å². The van der Waals surface area contributed by atoms with Crippen molar-refractivity contribution in [1.29, 1.82) is 0 Å². The van der Waals surface area contributed by atoms with Crippen molar-refractivity contribution in [1.82, 2.24) is 5.32 Å². The largest absolute Gasteiger partial charge is 0.394 e. The maximum absolute atomic E-state index is 13.3. The predicted octanol–water partition coefficient (Wildman–Crippen LogP) is 13.7. The van der Waals surface area contributed by atoms with Crippen molar-refractivity contribution >= 4 is 5.91 Å². The first kappa shape index (κ1) is 77.3. The molecule has 2 rings (SSSR count). The summed E-state index contributed by atoms with van der Waals surface area (Å²) >= 11 is 0. The summed E-state index contributed by atoms with van der Waals surface area (Å²) in [6.45, 7) is 2.80. The van der Waals surface area contributed by atoms with E-state index in [1.807, 2.05) is 6.08 Å². The number of unbranched alkanes of at least 4 members (excludes halogenated alkanes) is 40. The lowest BCUT2D eigenvalue weighted by Crippen LogP contribution is -2.65. The summed E-state index contributed by atoms with van der Waals surface area (Å²) in [5.41, 5.74) is 0. The van der Waals surface area contributed by atoms with Crippen LogP contribution in [-0.4, -0.2) is 140 Å². The third-order valence-electron chi connectivity index (χ3n) is 17.0. The molecule has 0 radical (unpaired) electrons. The van der Waals surface area contributed by atoms with E-state index in [2.05, 4.69) is 43.5 Å². The van der Waals surface area contributed by atoms with E-state index < -0.39 is 86.8 Å². The lowest BCUT2D eigenvalue weighted by atomic mass is 9.97. The van der Waals surface area contributed by atoms with Gasteiger partial charge in [-0.2, -0.15) is 0 Å². The molecule has 0 aliphatic carbocycles. The lowest BCUT2D eigenvalue weighted by Gasteiger charge is -2.46. The second kappa shape index (κ2) is 54.4. The van der Waals surface area contributed by atoms with E-state index in [-0.39, 0.29) is 18.9 Å². The monoisotopic (exact) mass is 1180 g/mol. The SMILES string of the molecule is CCCCCCCCC/C=C\CCCCCCCC(=O)NC(COC1OC(CO)C(OC2OC(CO)C(O)C(O)C2O)C(O)C1O)C(O)/C=C/CC/C=C/CCCCCCCCCCCCCCCCCCCCCCCCCCCCC. The molecule has 12 atom stereocenters.